The van der Waals surface area contributed by atoms with Crippen LogP contribution < -0.4 is 0 Å². The summed E-state index contributed by atoms with van der Waals surface area (Å²) in [5.74, 6) is 0.911. The Morgan fingerprint density at radius 3 is 2.25 bits per heavy atom. The molecule has 1 unspecified atom stereocenters. The van der Waals surface area contributed by atoms with E-state index in [0.717, 1.165) is 19.5 Å². The van der Waals surface area contributed by atoms with Gasteiger partial charge in [0.2, 0.25) is 5.91 Å². The predicted molar refractivity (Wildman–Crippen MR) is 67.3 cm³/mol. The zero-order valence-corrected chi connectivity index (χ0v) is 11.6. The van der Waals surface area contributed by atoms with Crippen LogP contribution in [0.25, 0.3) is 0 Å². The number of amides is 1. The van der Waals surface area contributed by atoms with Gasteiger partial charge in [-0.25, -0.2) is 0 Å². The van der Waals surface area contributed by atoms with Crippen molar-refractivity contribution in [2.45, 2.75) is 40.2 Å². The highest BCUT2D eigenvalue weighted by molar-refractivity contribution is 5.81. The van der Waals surface area contributed by atoms with E-state index in [0.29, 0.717) is 11.3 Å². The van der Waals surface area contributed by atoms with Crippen LogP contribution in [0.15, 0.2) is 0 Å². The number of hydrogen-bond donors (Lipinski definition) is 0. The molecule has 0 spiro atoms. The second-order valence-corrected chi connectivity index (χ2v) is 5.96. The van der Waals surface area contributed by atoms with Crippen LogP contribution in [-0.2, 0) is 4.79 Å². The van der Waals surface area contributed by atoms with Crippen LogP contribution in [0.4, 0.5) is 0 Å². The standard InChI is InChI=1S/C13H26N2O/c1-10(2)13(4)7-8-15(9-13)12(16)11(3)14(5)6/h10-11H,7-9H2,1-6H3/t11?,13-/m0/s1. The van der Waals surface area contributed by atoms with E-state index in [1.165, 1.54) is 0 Å². The maximum absolute atomic E-state index is 12.2. The van der Waals surface area contributed by atoms with Crippen molar-refractivity contribution in [3.05, 3.63) is 0 Å². The number of nitrogens with zero attached hydrogens (tertiary/aromatic N) is 2. The Bertz CT molecular complexity index is 263. The Labute approximate surface area is 99.8 Å². The van der Waals surface area contributed by atoms with Crippen molar-refractivity contribution in [3.8, 4) is 0 Å². The summed E-state index contributed by atoms with van der Waals surface area (Å²) in [7, 11) is 3.92. The first-order chi connectivity index (χ1) is 7.28. The molecule has 16 heavy (non-hydrogen) atoms. The molecule has 0 aromatic heterocycles. The molecule has 0 radical (unpaired) electrons. The molecule has 0 saturated carbocycles. The molecule has 1 amide bonds. The molecule has 1 saturated heterocycles. The summed E-state index contributed by atoms with van der Waals surface area (Å²) in [6.07, 6.45) is 1.14. The fourth-order valence-corrected chi connectivity index (χ4v) is 2.13. The molecule has 3 nitrogen and oxygen atoms in total. The topological polar surface area (TPSA) is 23.6 Å². The van der Waals surface area contributed by atoms with E-state index in [2.05, 4.69) is 20.8 Å². The lowest BCUT2D eigenvalue weighted by molar-refractivity contribution is -0.134. The first kappa shape index (κ1) is 13.5. The van der Waals surface area contributed by atoms with E-state index in [1.54, 1.807) is 0 Å². The summed E-state index contributed by atoms with van der Waals surface area (Å²) in [6.45, 7) is 10.6. The number of likely N-dealkylation sites (N-methyl/N-ethyl adjacent to an activating group) is 1. The van der Waals surface area contributed by atoms with Gasteiger partial charge in [-0.15, -0.1) is 0 Å². The molecule has 0 aliphatic carbocycles. The van der Waals surface area contributed by atoms with Gasteiger partial charge in [0.1, 0.15) is 0 Å². The number of carbonyl (C=O) groups excluding carboxylic acids is 1. The van der Waals surface area contributed by atoms with Gasteiger partial charge in [-0.05, 0) is 38.8 Å². The molecule has 2 atom stereocenters. The summed E-state index contributed by atoms with van der Waals surface area (Å²) in [4.78, 5) is 16.2. The van der Waals surface area contributed by atoms with Gasteiger partial charge < -0.3 is 4.90 Å². The first-order valence-electron chi connectivity index (χ1n) is 6.23. The Balaban J connectivity index is 2.63. The minimum absolute atomic E-state index is 0.00508. The van der Waals surface area contributed by atoms with E-state index < -0.39 is 0 Å². The summed E-state index contributed by atoms with van der Waals surface area (Å²) in [5.41, 5.74) is 0.307. The van der Waals surface area contributed by atoms with Crippen molar-refractivity contribution < 1.29 is 4.79 Å². The highest BCUT2D eigenvalue weighted by Gasteiger charge is 2.39. The van der Waals surface area contributed by atoms with E-state index >= 15 is 0 Å². The highest BCUT2D eigenvalue weighted by Crippen LogP contribution is 2.37. The molecule has 1 aliphatic rings. The molecular formula is C13H26N2O. The molecular weight excluding hydrogens is 200 g/mol. The average Bonchev–Trinajstić information content (AvgIpc) is 2.60. The third-order valence-corrected chi connectivity index (χ3v) is 4.34. The van der Waals surface area contributed by atoms with E-state index in [9.17, 15) is 4.79 Å². The second-order valence-electron chi connectivity index (χ2n) is 5.96. The van der Waals surface area contributed by atoms with Crippen LogP contribution in [0, 0.1) is 11.3 Å². The van der Waals surface area contributed by atoms with Crippen molar-refractivity contribution in [1.29, 1.82) is 0 Å². The van der Waals surface area contributed by atoms with Gasteiger partial charge >= 0.3 is 0 Å². The normalized spacial score (nSPS) is 27.9. The van der Waals surface area contributed by atoms with Gasteiger partial charge in [-0.2, -0.15) is 0 Å². The quantitative estimate of drug-likeness (QED) is 0.733. The third-order valence-electron chi connectivity index (χ3n) is 4.34. The van der Waals surface area contributed by atoms with Gasteiger partial charge in [0.25, 0.3) is 0 Å². The third kappa shape index (κ3) is 2.57. The summed E-state index contributed by atoms with van der Waals surface area (Å²) >= 11 is 0. The van der Waals surface area contributed by atoms with E-state index in [1.807, 2.05) is 30.8 Å². The largest absolute Gasteiger partial charge is 0.341 e. The van der Waals surface area contributed by atoms with Gasteiger partial charge in [0.15, 0.2) is 0 Å². The lowest BCUT2D eigenvalue weighted by Gasteiger charge is -2.30. The van der Waals surface area contributed by atoms with Crippen molar-refractivity contribution in [1.82, 2.24) is 9.80 Å². The molecule has 1 fully saturated rings. The fourth-order valence-electron chi connectivity index (χ4n) is 2.13. The zero-order valence-electron chi connectivity index (χ0n) is 11.6. The van der Waals surface area contributed by atoms with Crippen LogP contribution in [0.1, 0.15) is 34.1 Å². The van der Waals surface area contributed by atoms with Crippen LogP contribution in [0.2, 0.25) is 0 Å². The fraction of sp³-hybridized carbons (Fsp3) is 0.923. The van der Waals surface area contributed by atoms with E-state index in [4.69, 9.17) is 0 Å². The zero-order chi connectivity index (χ0) is 12.5. The number of likely N-dealkylation sites (tertiary alicyclic amines) is 1. The average molecular weight is 226 g/mol. The van der Waals surface area contributed by atoms with Crippen LogP contribution in [0.3, 0.4) is 0 Å². The molecule has 1 aliphatic heterocycles. The Kier molecular flexibility index (Phi) is 4.00. The second kappa shape index (κ2) is 4.74. The van der Waals surface area contributed by atoms with Crippen molar-refractivity contribution >= 4 is 5.91 Å². The molecule has 0 N–H and O–H groups in total. The minimum Gasteiger partial charge on any atom is -0.341 e. The Hall–Kier alpha value is -0.570. The van der Waals surface area contributed by atoms with Gasteiger partial charge in [-0.1, -0.05) is 20.8 Å². The SMILES string of the molecule is CC(C(=O)N1CC[C@](C)(C(C)C)C1)N(C)C. The Morgan fingerprint density at radius 2 is 1.88 bits per heavy atom. The molecule has 1 heterocycles. The molecule has 0 bridgehead atoms. The van der Waals surface area contributed by atoms with Crippen LogP contribution in [-0.4, -0.2) is 48.9 Å². The minimum atomic E-state index is -0.00508. The number of rotatable bonds is 3. The molecule has 1 rings (SSSR count). The summed E-state index contributed by atoms with van der Waals surface area (Å²) < 4.78 is 0. The maximum Gasteiger partial charge on any atom is 0.239 e. The van der Waals surface area contributed by atoms with Crippen molar-refractivity contribution in [2.75, 3.05) is 27.2 Å². The maximum atomic E-state index is 12.2. The molecule has 0 aromatic carbocycles. The monoisotopic (exact) mass is 226 g/mol. The summed E-state index contributed by atoms with van der Waals surface area (Å²) in [5, 5.41) is 0. The highest BCUT2D eigenvalue weighted by atomic mass is 16.2. The first-order valence-corrected chi connectivity index (χ1v) is 6.23. The summed E-state index contributed by atoms with van der Waals surface area (Å²) in [6, 6.07) is -0.00508. The lowest BCUT2D eigenvalue weighted by Crippen LogP contribution is -2.44. The molecule has 3 heteroatoms. The van der Waals surface area contributed by atoms with Gasteiger partial charge in [-0.3, -0.25) is 9.69 Å². The Morgan fingerprint density at radius 1 is 1.31 bits per heavy atom. The van der Waals surface area contributed by atoms with E-state index in [-0.39, 0.29) is 11.9 Å². The van der Waals surface area contributed by atoms with Crippen LogP contribution >= 0.6 is 0 Å². The van der Waals surface area contributed by atoms with Gasteiger partial charge in [0.05, 0.1) is 6.04 Å². The molecule has 0 aromatic rings. The van der Waals surface area contributed by atoms with Crippen LogP contribution in [0.5, 0.6) is 0 Å². The lowest BCUT2D eigenvalue weighted by atomic mass is 9.78. The van der Waals surface area contributed by atoms with Gasteiger partial charge in [0, 0.05) is 13.1 Å². The van der Waals surface area contributed by atoms with Crippen molar-refractivity contribution in [3.63, 3.8) is 0 Å². The number of hydrogen-bond acceptors (Lipinski definition) is 2. The van der Waals surface area contributed by atoms with Crippen molar-refractivity contribution in [2.24, 2.45) is 11.3 Å². The predicted octanol–water partition coefficient (Wildman–Crippen LogP) is 1.83. The smallest absolute Gasteiger partial charge is 0.239 e. The molecule has 94 valence electrons. The number of carbonyl (C=O) groups is 1.